The number of aliphatic carboxylic acids is 1. The van der Waals surface area contributed by atoms with Gasteiger partial charge in [0.1, 0.15) is 0 Å². The van der Waals surface area contributed by atoms with Crippen LogP contribution >= 0.6 is 0 Å². The van der Waals surface area contributed by atoms with Gasteiger partial charge in [0.05, 0.1) is 12.5 Å². The van der Waals surface area contributed by atoms with E-state index in [4.69, 9.17) is 10.2 Å². The number of carbonyl (C=O) groups is 2. The van der Waals surface area contributed by atoms with Crippen molar-refractivity contribution in [2.75, 3.05) is 13.2 Å². The first-order chi connectivity index (χ1) is 6.61. The molecule has 0 saturated carbocycles. The van der Waals surface area contributed by atoms with E-state index in [1.54, 1.807) is 0 Å². The molecule has 14 heavy (non-hydrogen) atoms. The summed E-state index contributed by atoms with van der Waals surface area (Å²) >= 11 is 0. The van der Waals surface area contributed by atoms with E-state index >= 15 is 0 Å². The molecule has 0 aromatic heterocycles. The zero-order valence-corrected chi connectivity index (χ0v) is 7.90. The van der Waals surface area contributed by atoms with Crippen LogP contribution in [-0.4, -0.2) is 35.2 Å². The topological polar surface area (TPSA) is 86.6 Å². The normalized spacial score (nSPS) is 11.8. The van der Waals surface area contributed by atoms with E-state index in [1.807, 2.05) is 0 Å². The molecule has 0 aromatic carbocycles. The fraction of sp³-hybridized carbons (Fsp3) is 0.556. The minimum absolute atomic E-state index is 0.0820. The smallest absolute Gasteiger partial charge is 0.307 e. The Hall–Kier alpha value is -1.36. The maximum Gasteiger partial charge on any atom is 0.307 e. The molecule has 0 aromatic rings. The van der Waals surface area contributed by atoms with Crippen LogP contribution in [0, 0.1) is 5.92 Å². The Bertz CT molecular complexity index is 215. The Kier molecular flexibility index (Phi) is 6.39. The van der Waals surface area contributed by atoms with Gasteiger partial charge in [-0.05, 0) is 6.42 Å². The third-order valence-electron chi connectivity index (χ3n) is 1.67. The van der Waals surface area contributed by atoms with Crippen molar-refractivity contribution in [3.8, 4) is 0 Å². The molecule has 3 N–H and O–H groups in total. The van der Waals surface area contributed by atoms with Gasteiger partial charge in [0.25, 0.3) is 0 Å². The van der Waals surface area contributed by atoms with Gasteiger partial charge < -0.3 is 15.5 Å². The maximum absolute atomic E-state index is 11.1. The number of amides is 1. The van der Waals surface area contributed by atoms with Crippen LogP contribution in [0.25, 0.3) is 0 Å². The van der Waals surface area contributed by atoms with Crippen molar-refractivity contribution in [2.45, 2.75) is 12.8 Å². The standard InChI is InChI=1S/C9H15NO4/c1-2-3-7(9(13)14)6-8(12)10-4-5-11/h2,7,11H,1,3-6H2,(H,10,12)(H,13,14)/t7-/m1/s1. The van der Waals surface area contributed by atoms with Gasteiger partial charge in [0.2, 0.25) is 5.91 Å². The minimum atomic E-state index is -1.01. The SMILES string of the molecule is C=CC[C@H](CC(=O)NCCO)C(=O)O. The Morgan fingerprint density at radius 2 is 2.14 bits per heavy atom. The summed E-state index contributed by atoms with van der Waals surface area (Å²) in [6.45, 7) is 3.42. The molecular formula is C9H15NO4. The molecule has 0 aliphatic carbocycles. The van der Waals surface area contributed by atoms with Crippen LogP contribution in [0.5, 0.6) is 0 Å². The third kappa shape index (κ3) is 5.31. The van der Waals surface area contributed by atoms with Crippen LogP contribution in [0.15, 0.2) is 12.7 Å². The molecule has 0 spiro atoms. The summed E-state index contributed by atoms with van der Waals surface area (Å²) in [6.07, 6.45) is 1.65. The Labute approximate surface area is 82.4 Å². The second-order valence-corrected chi connectivity index (χ2v) is 2.84. The number of carbonyl (C=O) groups excluding carboxylic acids is 1. The molecule has 0 heterocycles. The first kappa shape index (κ1) is 12.6. The van der Waals surface area contributed by atoms with Gasteiger partial charge in [-0.2, -0.15) is 0 Å². The van der Waals surface area contributed by atoms with Gasteiger partial charge in [-0.1, -0.05) is 6.08 Å². The van der Waals surface area contributed by atoms with Crippen molar-refractivity contribution in [3.05, 3.63) is 12.7 Å². The number of rotatable bonds is 7. The molecule has 0 unspecified atom stereocenters. The zero-order valence-electron chi connectivity index (χ0n) is 7.90. The lowest BCUT2D eigenvalue weighted by Gasteiger charge is -2.09. The van der Waals surface area contributed by atoms with Crippen LogP contribution in [-0.2, 0) is 9.59 Å². The summed E-state index contributed by atoms with van der Waals surface area (Å²) in [5.41, 5.74) is 0. The van der Waals surface area contributed by atoms with Crippen molar-refractivity contribution in [1.29, 1.82) is 0 Å². The Balaban J connectivity index is 3.95. The molecule has 5 heteroatoms. The number of hydrogen-bond donors (Lipinski definition) is 3. The molecule has 0 rings (SSSR count). The highest BCUT2D eigenvalue weighted by molar-refractivity contribution is 5.82. The fourth-order valence-corrected chi connectivity index (χ4v) is 0.964. The number of carboxylic acids is 1. The first-order valence-corrected chi connectivity index (χ1v) is 4.33. The Morgan fingerprint density at radius 1 is 1.50 bits per heavy atom. The third-order valence-corrected chi connectivity index (χ3v) is 1.67. The molecule has 1 amide bonds. The first-order valence-electron chi connectivity index (χ1n) is 4.33. The molecular weight excluding hydrogens is 186 g/mol. The van der Waals surface area contributed by atoms with Crippen molar-refractivity contribution in [3.63, 3.8) is 0 Å². The number of nitrogens with one attached hydrogen (secondary N) is 1. The van der Waals surface area contributed by atoms with Gasteiger partial charge in [0, 0.05) is 13.0 Å². The van der Waals surface area contributed by atoms with Crippen molar-refractivity contribution < 1.29 is 19.8 Å². The van der Waals surface area contributed by atoms with Crippen LogP contribution < -0.4 is 5.32 Å². The molecule has 0 bridgehead atoms. The van der Waals surface area contributed by atoms with E-state index < -0.39 is 11.9 Å². The molecule has 80 valence electrons. The van der Waals surface area contributed by atoms with Gasteiger partial charge >= 0.3 is 5.97 Å². The summed E-state index contributed by atoms with van der Waals surface area (Å²) in [5.74, 6) is -2.11. The summed E-state index contributed by atoms with van der Waals surface area (Å²) in [5, 5.41) is 19.5. The average Bonchev–Trinajstić information content (AvgIpc) is 2.14. The second-order valence-electron chi connectivity index (χ2n) is 2.84. The lowest BCUT2D eigenvalue weighted by atomic mass is 10.0. The highest BCUT2D eigenvalue weighted by Crippen LogP contribution is 2.08. The number of aliphatic hydroxyl groups is 1. The van der Waals surface area contributed by atoms with Gasteiger partial charge in [0.15, 0.2) is 0 Å². The fourth-order valence-electron chi connectivity index (χ4n) is 0.964. The van der Waals surface area contributed by atoms with Crippen LogP contribution in [0.2, 0.25) is 0 Å². The van der Waals surface area contributed by atoms with Crippen molar-refractivity contribution >= 4 is 11.9 Å². The molecule has 0 radical (unpaired) electrons. The molecule has 0 aliphatic rings. The largest absolute Gasteiger partial charge is 0.481 e. The van der Waals surface area contributed by atoms with E-state index in [0.717, 1.165) is 0 Å². The van der Waals surface area contributed by atoms with E-state index in [2.05, 4.69) is 11.9 Å². The van der Waals surface area contributed by atoms with Crippen LogP contribution in [0.1, 0.15) is 12.8 Å². The highest BCUT2D eigenvalue weighted by atomic mass is 16.4. The van der Waals surface area contributed by atoms with Gasteiger partial charge in [-0.3, -0.25) is 9.59 Å². The van der Waals surface area contributed by atoms with E-state index in [9.17, 15) is 9.59 Å². The van der Waals surface area contributed by atoms with Crippen molar-refractivity contribution in [1.82, 2.24) is 5.32 Å². The minimum Gasteiger partial charge on any atom is -0.481 e. The van der Waals surface area contributed by atoms with Crippen LogP contribution in [0.4, 0.5) is 0 Å². The maximum atomic E-state index is 11.1. The van der Waals surface area contributed by atoms with Crippen molar-refractivity contribution in [2.24, 2.45) is 5.92 Å². The molecule has 0 saturated heterocycles. The van der Waals surface area contributed by atoms with E-state index in [-0.39, 0.29) is 31.9 Å². The summed E-state index contributed by atoms with van der Waals surface area (Å²) in [6, 6.07) is 0. The molecule has 0 aliphatic heterocycles. The predicted octanol–water partition coefficient (Wildman–Crippen LogP) is -0.238. The summed E-state index contributed by atoms with van der Waals surface area (Å²) in [4.78, 5) is 21.7. The van der Waals surface area contributed by atoms with E-state index in [1.165, 1.54) is 6.08 Å². The number of hydrogen-bond acceptors (Lipinski definition) is 3. The van der Waals surface area contributed by atoms with E-state index in [0.29, 0.717) is 0 Å². The zero-order chi connectivity index (χ0) is 11.0. The number of aliphatic hydroxyl groups excluding tert-OH is 1. The number of allylic oxidation sites excluding steroid dienone is 1. The van der Waals surface area contributed by atoms with Gasteiger partial charge in [-0.15, -0.1) is 6.58 Å². The molecule has 0 fully saturated rings. The lowest BCUT2D eigenvalue weighted by molar-refractivity contribution is -0.143. The summed E-state index contributed by atoms with van der Waals surface area (Å²) < 4.78 is 0. The summed E-state index contributed by atoms with van der Waals surface area (Å²) in [7, 11) is 0. The predicted molar refractivity (Wildman–Crippen MR) is 50.7 cm³/mol. The molecule has 1 atom stereocenters. The van der Waals surface area contributed by atoms with Crippen LogP contribution in [0.3, 0.4) is 0 Å². The monoisotopic (exact) mass is 201 g/mol. The Morgan fingerprint density at radius 3 is 2.57 bits per heavy atom. The quantitative estimate of drug-likeness (QED) is 0.496. The lowest BCUT2D eigenvalue weighted by Crippen LogP contribution is -2.30. The average molecular weight is 201 g/mol. The second kappa shape index (κ2) is 7.08. The number of carboxylic acid groups (broad SMARTS) is 1. The van der Waals surface area contributed by atoms with Gasteiger partial charge in [-0.25, -0.2) is 0 Å². The molecule has 5 nitrogen and oxygen atoms in total. The highest BCUT2D eigenvalue weighted by Gasteiger charge is 2.19.